The number of aryl methyl sites for hydroxylation is 1. The van der Waals surface area contributed by atoms with E-state index in [2.05, 4.69) is 0 Å². The summed E-state index contributed by atoms with van der Waals surface area (Å²) in [5.41, 5.74) is 2.27. The highest BCUT2D eigenvalue weighted by Crippen LogP contribution is 2.46. The lowest BCUT2D eigenvalue weighted by Crippen LogP contribution is -2.52. The number of ether oxygens (including phenoxy) is 1. The number of benzene rings is 2. The molecule has 0 saturated carbocycles. The molecule has 0 aliphatic carbocycles. The summed E-state index contributed by atoms with van der Waals surface area (Å²) < 4.78 is 5.54. The fourth-order valence-corrected chi connectivity index (χ4v) is 4.42. The van der Waals surface area contributed by atoms with Gasteiger partial charge in [-0.2, -0.15) is 0 Å². The van der Waals surface area contributed by atoms with Crippen LogP contribution in [0.15, 0.2) is 54.6 Å². The van der Waals surface area contributed by atoms with Gasteiger partial charge in [0.25, 0.3) is 0 Å². The summed E-state index contributed by atoms with van der Waals surface area (Å²) in [6.07, 6.45) is 2.76. The number of carbonyl (C=O) groups is 1. The summed E-state index contributed by atoms with van der Waals surface area (Å²) in [5.74, 6) is 0. The lowest BCUT2D eigenvalue weighted by atomic mass is 9.80. The Morgan fingerprint density at radius 2 is 1.69 bits per heavy atom. The van der Waals surface area contributed by atoms with E-state index in [0.29, 0.717) is 12.8 Å². The lowest BCUT2D eigenvalue weighted by Gasteiger charge is -2.43. The predicted octanol–water partition coefficient (Wildman–Crippen LogP) is 4.15. The van der Waals surface area contributed by atoms with Gasteiger partial charge >= 0.3 is 6.09 Å². The van der Waals surface area contributed by atoms with Crippen LogP contribution in [0.2, 0.25) is 0 Å². The van der Waals surface area contributed by atoms with Gasteiger partial charge in [-0.25, -0.2) is 4.79 Å². The molecule has 4 heteroatoms. The number of aliphatic hydroxyl groups is 1. The lowest BCUT2D eigenvalue weighted by molar-refractivity contribution is -0.0536. The molecule has 4 rings (SSSR count). The fourth-order valence-electron chi connectivity index (χ4n) is 4.42. The van der Waals surface area contributed by atoms with Crippen molar-refractivity contribution in [1.29, 1.82) is 0 Å². The molecule has 2 heterocycles. The van der Waals surface area contributed by atoms with Gasteiger partial charge in [-0.1, -0.05) is 60.2 Å². The number of rotatable bonds is 3. The Labute approximate surface area is 154 Å². The van der Waals surface area contributed by atoms with Crippen molar-refractivity contribution in [2.45, 2.75) is 56.9 Å². The third-order valence-electron chi connectivity index (χ3n) is 5.77. The van der Waals surface area contributed by atoms with Crippen molar-refractivity contribution >= 4 is 6.09 Å². The quantitative estimate of drug-likeness (QED) is 0.904. The molecule has 2 aromatic rings. The maximum absolute atomic E-state index is 12.6. The zero-order valence-corrected chi connectivity index (χ0v) is 15.1. The summed E-state index contributed by atoms with van der Waals surface area (Å²) in [6.45, 7) is 2.33. The number of amides is 1. The monoisotopic (exact) mass is 351 g/mol. The summed E-state index contributed by atoms with van der Waals surface area (Å²) >= 11 is 0. The second kappa shape index (κ2) is 6.76. The molecule has 2 saturated heterocycles. The van der Waals surface area contributed by atoms with E-state index in [4.69, 9.17) is 4.74 Å². The smallest absolute Gasteiger partial charge is 0.410 e. The number of fused-ring (bicyclic) bond motifs is 2. The molecular weight excluding hydrogens is 326 g/mol. The minimum atomic E-state index is -0.851. The molecule has 0 spiro atoms. The van der Waals surface area contributed by atoms with E-state index in [1.165, 1.54) is 5.56 Å². The van der Waals surface area contributed by atoms with E-state index >= 15 is 0 Å². The fraction of sp³-hybridized carbons (Fsp3) is 0.409. The molecule has 2 aromatic carbocycles. The van der Waals surface area contributed by atoms with Crippen LogP contribution in [-0.2, 0) is 16.9 Å². The van der Waals surface area contributed by atoms with Crippen LogP contribution in [0.3, 0.4) is 0 Å². The largest absolute Gasteiger partial charge is 0.445 e. The van der Waals surface area contributed by atoms with Crippen molar-refractivity contribution in [3.8, 4) is 0 Å². The SMILES string of the molecule is Cc1ccc(C2(O)CC3CCC(C2)N3C(=O)OCc2ccccc2)cc1. The van der Waals surface area contributed by atoms with Gasteiger partial charge in [-0.3, -0.25) is 0 Å². The van der Waals surface area contributed by atoms with E-state index in [1.807, 2.05) is 66.4 Å². The maximum atomic E-state index is 12.6. The molecule has 0 aromatic heterocycles. The van der Waals surface area contributed by atoms with Crippen LogP contribution in [0.25, 0.3) is 0 Å². The second-order valence-electron chi connectivity index (χ2n) is 7.64. The van der Waals surface area contributed by atoms with Gasteiger partial charge in [0.2, 0.25) is 0 Å². The van der Waals surface area contributed by atoms with E-state index in [-0.39, 0.29) is 24.8 Å². The van der Waals surface area contributed by atoms with Gasteiger partial charge in [0.1, 0.15) is 6.61 Å². The third-order valence-corrected chi connectivity index (χ3v) is 5.77. The Balaban J connectivity index is 1.45. The highest BCUT2D eigenvalue weighted by atomic mass is 16.6. The van der Waals surface area contributed by atoms with Crippen molar-refractivity contribution < 1.29 is 14.6 Å². The number of carbonyl (C=O) groups excluding carboxylic acids is 1. The average molecular weight is 351 g/mol. The third kappa shape index (κ3) is 3.21. The first-order valence-electron chi connectivity index (χ1n) is 9.34. The highest BCUT2D eigenvalue weighted by molar-refractivity contribution is 5.69. The van der Waals surface area contributed by atoms with Gasteiger partial charge < -0.3 is 14.7 Å². The first-order valence-corrected chi connectivity index (χ1v) is 9.34. The topological polar surface area (TPSA) is 49.8 Å². The van der Waals surface area contributed by atoms with Gasteiger partial charge in [-0.05, 0) is 30.9 Å². The van der Waals surface area contributed by atoms with Crippen LogP contribution in [0.4, 0.5) is 4.79 Å². The Bertz CT molecular complexity index is 758. The van der Waals surface area contributed by atoms with E-state index < -0.39 is 5.60 Å². The highest BCUT2D eigenvalue weighted by Gasteiger charge is 2.50. The number of hydrogen-bond acceptors (Lipinski definition) is 3. The van der Waals surface area contributed by atoms with E-state index in [9.17, 15) is 9.90 Å². The Hall–Kier alpha value is -2.33. The van der Waals surface area contributed by atoms with Gasteiger partial charge in [0.05, 0.1) is 5.60 Å². The molecular formula is C22H25NO3. The summed E-state index contributed by atoms with van der Waals surface area (Å²) in [4.78, 5) is 14.5. The maximum Gasteiger partial charge on any atom is 0.410 e. The molecule has 0 radical (unpaired) electrons. The molecule has 2 aliphatic heterocycles. The standard InChI is InChI=1S/C22H25NO3/c1-16-7-9-18(10-8-16)22(25)13-19-11-12-20(14-22)23(19)21(24)26-15-17-5-3-2-4-6-17/h2-10,19-20,25H,11-15H2,1H3. The minimum absolute atomic E-state index is 0.0447. The van der Waals surface area contributed by atoms with Crippen LogP contribution in [0, 0.1) is 6.92 Å². The summed E-state index contributed by atoms with van der Waals surface area (Å²) in [5, 5.41) is 11.2. The first kappa shape index (κ1) is 17.1. The normalized spacial score (nSPS) is 27.4. The van der Waals surface area contributed by atoms with Crippen LogP contribution in [0.1, 0.15) is 42.4 Å². The van der Waals surface area contributed by atoms with Crippen LogP contribution in [-0.4, -0.2) is 28.2 Å². The average Bonchev–Trinajstić information content (AvgIpc) is 2.93. The van der Waals surface area contributed by atoms with Crippen molar-refractivity contribution in [3.05, 3.63) is 71.3 Å². The van der Waals surface area contributed by atoms with E-state index in [0.717, 1.165) is 24.0 Å². The molecule has 2 unspecified atom stereocenters. The van der Waals surface area contributed by atoms with Crippen LogP contribution >= 0.6 is 0 Å². The minimum Gasteiger partial charge on any atom is -0.445 e. The number of nitrogens with zero attached hydrogens (tertiary/aromatic N) is 1. The Morgan fingerprint density at radius 3 is 2.31 bits per heavy atom. The van der Waals surface area contributed by atoms with Crippen molar-refractivity contribution in [1.82, 2.24) is 4.90 Å². The van der Waals surface area contributed by atoms with Crippen LogP contribution < -0.4 is 0 Å². The van der Waals surface area contributed by atoms with Crippen molar-refractivity contribution in [3.63, 3.8) is 0 Å². The van der Waals surface area contributed by atoms with Gasteiger partial charge in [0, 0.05) is 24.9 Å². The number of hydrogen-bond donors (Lipinski definition) is 1. The molecule has 2 fully saturated rings. The molecule has 136 valence electrons. The second-order valence-corrected chi connectivity index (χ2v) is 7.64. The molecule has 1 N–H and O–H groups in total. The predicted molar refractivity (Wildman–Crippen MR) is 99.6 cm³/mol. The van der Waals surface area contributed by atoms with Crippen molar-refractivity contribution in [2.24, 2.45) is 0 Å². The van der Waals surface area contributed by atoms with E-state index in [1.54, 1.807) is 0 Å². The molecule has 1 amide bonds. The Kier molecular flexibility index (Phi) is 4.45. The molecule has 2 bridgehead atoms. The molecule has 2 aliphatic rings. The molecule has 26 heavy (non-hydrogen) atoms. The first-order chi connectivity index (χ1) is 12.5. The van der Waals surface area contributed by atoms with Gasteiger partial charge in [-0.15, -0.1) is 0 Å². The van der Waals surface area contributed by atoms with Gasteiger partial charge in [0.15, 0.2) is 0 Å². The Morgan fingerprint density at radius 1 is 1.08 bits per heavy atom. The molecule has 2 atom stereocenters. The summed E-state index contributed by atoms with van der Waals surface area (Å²) in [7, 11) is 0. The van der Waals surface area contributed by atoms with Crippen molar-refractivity contribution in [2.75, 3.05) is 0 Å². The zero-order chi connectivity index (χ0) is 18.1. The summed E-state index contributed by atoms with van der Waals surface area (Å²) in [6, 6.07) is 17.9. The molecule has 4 nitrogen and oxygen atoms in total. The van der Waals surface area contributed by atoms with Crippen LogP contribution in [0.5, 0.6) is 0 Å². The number of piperidine rings is 1. The zero-order valence-electron chi connectivity index (χ0n) is 15.1.